The molecule has 0 fully saturated rings. The molecule has 1 unspecified atom stereocenters. The molecule has 0 aromatic heterocycles. The van der Waals surface area contributed by atoms with Crippen LogP contribution in [0.15, 0.2) is 60.8 Å². The quantitative estimate of drug-likeness (QED) is 0.0262. The molecule has 0 bridgehead atoms. The highest BCUT2D eigenvalue weighted by Gasteiger charge is 2.19. The fraction of sp³-hybridized carbons (Fsp3) is 0.780. The first kappa shape index (κ1) is 62.1. The summed E-state index contributed by atoms with van der Waals surface area (Å²) in [6, 6.07) is 0. The lowest BCUT2D eigenvalue weighted by atomic mass is 10.1. The van der Waals surface area contributed by atoms with E-state index in [4.69, 9.17) is 14.2 Å². The number of esters is 3. The van der Waals surface area contributed by atoms with Crippen LogP contribution >= 0.6 is 0 Å². The van der Waals surface area contributed by atoms with E-state index in [-0.39, 0.29) is 31.1 Å². The zero-order valence-corrected chi connectivity index (χ0v) is 43.0. The van der Waals surface area contributed by atoms with Crippen LogP contribution in [0.3, 0.4) is 0 Å². The molecule has 0 aromatic carbocycles. The summed E-state index contributed by atoms with van der Waals surface area (Å²) in [6.07, 6.45) is 66.3. The van der Waals surface area contributed by atoms with Crippen molar-refractivity contribution in [3.63, 3.8) is 0 Å². The van der Waals surface area contributed by atoms with E-state index < -0.39 is 6.10 Å². The fourth-order valence-corrected chi connectivity index (χ4v) is 7.80. The maximum atomic E-state index is 12.8. The summed E-state index contributed by atoms with van der Waals surface area (Å²) in [6.45, 7) is 6.51. The Hall–Kier alpha value is -2.89. The molecule has 0 aliphatic rings. The summed E-state index contributed by atoms with van der Waals surface area (Å²) in [5.41, 5.74) is 0. The molecule has 6 heteroatoms. The third-order valence-corrected chi connectivity index (χ3v) is 12.0. The van der Waals surface area contributed by atoms with Crippen LogP contribution in [0, 0.1) is 0 Å². The SMILES string of the molecule is CC/C=C\C/C=C\C/C=C\CCCCCCCCCC(=O)OCC(COC(=O)CCCCCCC/C=C\CCCCCC)OC(=O)CCCCCCCCC/C=C\CCCCCCCC. The van der Waals surface area contributed by atoms with E-state index in [0.29, 0.717) is 19.3 Å². The molecule has 65 heavy (non-hydrogen) atoms. The van der Waals surface area contributed by atoms with Gasteiger partial charge in [-0.1, -0.05) is 216 Å². The smallest absolute Gasteiger partial charge is 0.306 e. The molecule has 0 aliphatic carbocycles. The van der Waals surface area contributed by atoms with Gasteiger partial charge in [0.15, 0.2) is 6.10 Å². The van der Waals surface area contributed by atoms with E-state index in [2.05, 4.69) is 81.5 Å². The van der Waals surface area contributed by atoms with Crippen LogP contribution in [0.1, 0.15) is 278 Å². The second-order valence-corrected chi connectivity index (χ2v) is 18.5. The monoisotopic (exact) mass is 909 g/mol. The molecule has 1 atom stereocenters. The zero-order chi connectivity index (χ0) is 47.2. The summed E-state index contributed by atoms with van der Waals surface area (Å²) < 4.78 is 16.8. The van der Waals surface area contributed by atoms with Gasteiger partial charge in [-0.2, -0.15) is 0 Å². The molecule has 0 aliphatic heterocycles. The van der Waals surface area contributed by atoms with Gasteiger partial charge < -0.3 is 14.2 Å². The molecule has 0 saturated heterocycles. The molecule has 0 aromatic rings. The molecule has 0 amide bonds. The Balaban J connectivity index is 4.39. The highest BCUT2D eigenvalue weighted by atomic mass is 16.6. The van der Waals surface area contributed by atoms with Crippen molar-refractivity contribution in [3.05, 3.63) is 60.8 Å². The van der Waals surface area contributed by atoms with Gasteiger partial charge in [0.1, 0.15) is 13.2 Å². The number of rotatable bonds is 50. The highest BCUT2D eigenvalue weighted by molar-refractivity contribution is 5.71. The molecule has 0 rings (SSSR count). The zero-order valence-electron chi connectivity index (χ0n) is 43.0. The number of carbonyl (C=O) groups is 3. The van der Waals surface area contributed by atoms with Crippen LogP contribution in [-0.4, -0.2) is 37.2 Å². The highest BCUT2D eigenvalue weighted by Crippen LogP contribution is 2.15. The normalized spacial score (nSPS) is 12.5. The van der Waals surface area contributed by atoms with Crippen molar-refractivity contribution in [2.24, 2.45) is 0 Å². The molecular weight excluding hydrogens is 805 g/mol. The number of hydrogen-bond donors (Lipinski definition) is 0. The predicted molar refractivity (Wildman–Crippen MR) is 279 cm³/mol. The lowest BCUT2D eigenvalue weighted by Crippen LogP contribution is -2.30. The summed E-state index contributed by atoms with van der Waals surface area (Å²) in [5.74, 6) is -0.897. The number of carbonyl (C=O) groups excluding carboxylic acids is 3. The number of allylic oxidation sites excluding steroid dienone is 10. The van der Waals surface area contributed by atoms with E-state index in [1.165, 1.54) is 148 Å². The van der Waals surface area contributed by atoms with Gasteiger partial charge in [0.2, 0.25) is 0 Å². The molecule has 0 radical (unpaired) electrons. The average molecular weight is 909 g/mol. The Morgan fingerprint density at radius 2 is 0.600 bits per heavy atom. The predicted octanol–water partition coefficient (Wildman–Crippen LogP) is 18.4. The Morgan fingerprint density at radius 3 is 0.969 bits per heavy atom. The van der Waals surface area contributed by atoms with E-state index in [9.17, 15) is 14.4 Å². The van der Waals surface area contributed by atoms with Crippen molar-refractivity contribution in [1.82, 2.24) is 0 Å². The fourth-order valence-electron chi connectivity index (χ4n) is 7.80. The van der Waals surface area contributed by atoms with Crippen molar-refractivity contribution in [1.29, 1.82) is 0 Å². The Kier molecular flexibility index (Phi) is 51.3. The maximum absolute atomic E-state index is 12.8. The van der Waals surface area contributed by atoms with Crippen LogP contribution in [-0.2, 0) is 28.6 Å². The van der Waals surface area contributed by atoms with Gasteiger partial charge >= 0.3 is 17.9 Å². The summed E-state index contributed by atoms with van der Waals surface area (Å²) in [5, 5.41) is 0. The topological polar surface area (TPSA) is 78.9 Å². The van der Waals surface area contributed by atoms with Gasteiger partial charge in [0.25, 0.3) is 0 Å². The first-order valence-electron chi connectivity index (χ1n) is 27.8. The maximum Gasteiger partial charge on any atom is 0.306 e. The van der Waals surface area contributed by atoms with Crippen molar-refractivity contribution in [2.75, 3.05) is 13.2 Å². The van der Waals surface area contributed by atoms with Crippen molar-refractivity contribution >= 4 is 17.9 Å². The van der Waals surface area contributed by atoms with E-state index in [1.807, 2.05) is 0 Å². The van der Waals surface area contributed by atoms with Crippen LogP contribution in [0.2, 0.25) is 0 Å². The summed E-state index contributed by atoms with van der Waals surface area (Å²) >= 11 is 0. The van der Waals surface area contributed by atoms with Crippen LogP contribution in [0.4, 0.5) is 0 Å². The summed E-state index contributed by atoms with van der Waals surface area (Å²) in [4.78, 5) is 38.1. The number of hydrogen-bond acceptors (Lipinski definition) is 6. The Bertz CT molecular complexity index is 1180. The van der Waals surface area contributed by atoms with Crippen LogP contribution in [0.5, 0.6) is 0 Å². The second kappa shape index (κ2) is 53.7. The minimum Gasteiger partial charge on any atom is -0.462 e. The largest absolute Gasteiger partial charge is 0.462 e. The van der Waals surface area contributed by atoms with Crippen LogP contribution in [0.25, 0.3) is 0 Å². The van der Waals surface area contributed by atoms with Crippen molar-refractivity contribution < 1.29 is 28.6 Å². The first-order valence-corrected chi connectivity index (χ1v) is 27.8. The van der Waals surface area contributed by atoms with Crippen LogP contribution < -0.4 is 0 Å². The lowest BCUT2D eigenvalue weighted by Gasteiger charge is -2.18. The molecular formula is C59H104O6. The Morgan fingerprint density at radius 1 is 0.323 bits per heavy atom. The van der Waals surface area contributed by atoms with Gasteiger partial charge in [0, 0.05) is 19.3 Å². The standard InChI is InChI=1S/C59H104O6/c1-4-7-10-13-16-19-22-25-27-29-31-34-37-40-43-46-49-52-58(61)64-55-56(54-63-57(60)51-48-45-42-39-36-33-24-21-18-15-12-9-6-3)65-59(62)53-50-47-44-41-38-35-32-30-28-26-23-20-17-14-11-8-5-2/h7,10,16,19,21,24-28,56H,4-6,8-9,11-15,17-18,20,22-23,29-55H2,1-3H3/b10-7-,19-16-,24-21-,27-25-,28-26-. The Labute approximate surface area is 402 Å². The molecule has 0 saturated carbocycles. The first-order chi connectivity index (χ1) is 32.0. The number of unbranched alkanes of at least 4 members (excludes halogenated alkanes) is 29. The number of ether oxygens (including phenoxy) is 3. The van der Waals surface area contributed by atoms with Gasteiger partial charge in [-0.15, -0.1) is 0 Å². The summed E-state index contributed by atoms with van der Waals surface area (Å²) in [7, 11) is 0. The molecule has 0 spiro atoms. The van der Waals surface area contributed by atoms with E-state index in [1.54, 1.807) is 0 Å². The minimum atomic E-state index is -0.783. The molecule has 376 valence electrons. The third-order valence-electron chi connectivity index (χ3n) is 12.0. The van der Waals surface area contributed by atoms with Gasteiger partial charge in [-0.3, -0.25) is 14.4 Å². The van der Waals surface area contributed by atoms with E-state index in [0.717, 1.165) is 89.9 Å². The molecule has 6 nitrogen and oxygen atoms in total. The average Bonchev–Trinajstić information content (AvgIpc) is 3.30. The second-order valence-electron chi connectivity index (χ2n) is 18.5. The molecule has 0 heterocycles. The lowest BCUT2D eigenvalue weighted by molar-refractivity contribution is -0.167. The van der Waals surface area contributed by atoms with Crippen molar-refractivity contribution in [2.45, 2.75) is 284 Å². The van der Waals surface area contributed by atoms with Gasteiger partial charge in [0.05, 0.1) is 0 Å². The molecule has 0 N–H and O–H groups in total. The minimum absolute atomic E-state index is 0.0827. The van der Waals surface area contributed by atoms with E-state index >= 15 is 0 Å². The van der Waals surface area contributed by atoms with Gasteiger partial charge in [-0.05, 0) is 103 Å². The third kappa shape index (κ3) is 51.9. The van der Waals surface area contributed by atoms with Crippen molar-refractivity contribution in [3.8, 4) is 0 Å². The van der Waals surface area contributed by atoms with Gasteiger partial charge in [-0.25, -0.2) is 0 Å².